The van der Waals surface area contributed by atoms with E-state index in [-0.39, 0.29) is 12.0 Å². The maximum absolute atomic E-state index is 10.4. The molecule has 2 atom stereocenters. The molecule has 0 fully saturated rings. The molecule has 2 aliphatic rings. The number of phenolic OH excluding ortho intramolecular Hbond substituents is 1. The molecule has 2 N–H and O–H groups in total. The van der Waals surface area contributed by atoms with Crippen molar-refractivity contribution in [2.24, 2.45) is 0 Å². The van der Waals surface area contributed by atoms with Crippen LogP contribution in [0.15, 0.2) is 60.7 Å². The van der Waals surface area contributed by atoms with Gasteiger partial charge in [-0.1, -0.05) is 54.6 Å². The molecule has 2 heteroatoms. The van der Waals surface area contributed by atoms with Gasteiger partial charge < -0.3 is 10.4 Å². The Morgan fingerprint density at radius 2 is 1.82 bits per heavy atom. The Hall–Kier alpha value is -2.74. The molecule has 0 saturated carbocycles. The summed E-state index contributed by atoms with van der Waals surface area (Å²) in [4.78, 5) is 0. The first kappa shape index (κ1) is 11.9. The van der Waals surface area contributed by atoms with E-state index >= 15 is 0 Å². The summed E-state index contributed by atoms with van der Waals surface area (Å²) in [5, 5.41) is 16.1. The summed E-state index contributed by atoms with van der Waals surface area (Å²) < 4.78 is 0. The van der Waals surface area contributed by atoms with Crippen molar-refractivity contribution in [2.75, 3.05) is 5.32 Å². The van der Waals surface area contributed by atoms with Crippen molar-refractivity contribution in [3.8, 4) is 5.75 Å². The van der Waals surface area contributed by atoms with Crippen LogP contribution in [0.4, 0.5) is 5.69 Å². The fourth-order valence-corrected chi connectivity index (χ4v) is 3.94. The Morgan fingerprint density at radius 1 is 0.909 bits per heavy atom. The van der Waals surface area contributed by atoms with Gasteiger partial charge in [-0.05, 0) is 34.2 Å². The molecular weight excluding hydrogens is 270 g/mol. The van der Waals surface area contributed by atoms with Crippen LogP contribution >= 0.6 is 0 Å². The maximum atomic E-state index is 10.4. The molecule has 2 unspecified atom stereocenters. The highest BCUT2D eigenvalue weighted by atomic mass is 16.3. The second-order valence-electron chi connectivity index (χ2n) is 6.04. The third-order valence-corrected chi connectivity index (χ3v) is 4.87. The molecule has 22 heavy (non-hydrogen) atoms. The van der Waals surface area contributed by atoms with E-state index in [1.54, 1.807) is 6.07 Å². The lowest BCUT2D eigenvalue weighted by atomic mass is 9.80. The van der Waals surface area contributed by atoms with Gasteiger partial charge in [-0.15, -0.1) is 0 Å². The fourth-order valence-electron chi connectivity index (χ4n) is 3.94. The van der Waals surface area contributed by atoms with Gasteiger partial charge in [0, 0.05) is 17.0 Å². The standard InChI is InChI=1S/C20H15NO/c22-17-7-3-5-13-9-11-16-20(18(13)17)19-14-6-2-1-4-12(14)8-10-15(19)21-16/h1-11,15,19,21-22H. The number of phenols is 1. The zero-order chi connectivity index (χ0) is 14.7. The van der Waals surface area contributed by atoms with E-state index < -0.39 is 0 Å². The van der Waals surface area contributed by atoms with E-state index in [1.807, 2.05) is 6.07 Å². The van der Waals surface area contributed by atoms with E-state index in [4.69, 9.17) is 0 Å². The van der Waals surface area contributed by atoms with Gasteiger partial charge in [-0.2, -0.15) is 0 Å². The first-order chi connectivity index (χ1) is 10.8. The van der Waals surface area contributed by atoms with Crippen LogP contribution in [0, 0.1) is 0 Å². The molecule has 1 heterocycles. The molecule has 0 radical (unpaired) electrons. The molecule has 0 bridgehead atoms. The van der Waals surface area contributed by atoms with Gasteiger partial charge in [0.1, 0.15) is 5.75 Å². The van der Waals surface area contributed by atoms with E-state index in [0.717, 1.165) is 16.5 Å². The summed E-state index contributed by atoms with van der Waals surface area (Å²) in [5.41, 5.74) is 4.95. The van der Waals surface area contributed by atoms with E-state index in [9.17, 15) is 5.11 Å². The monoisotopic (exact) mass is 285 g/mol. The number of hydrogen-bond acceptors (Lipinski definition) is 2. The molecule has 0 aromatic heterocycles. The van der Waals surface area contributed by atoms with Crippen molar-refractivity contribution in [2.45, 2.75) is 12.0 Å². The summed E-state index contributed by atoms with van der Waals surface area (Å²) in [7, 11) is 0. The summed E-state index contributed by atoms with van der Waals surface area (Å²) >= 11 is 0. The van der Waals surface area contributed by atoms with Gasteiger partial charge >= 0.3 is 0 Å². The van der Waals surface area contributed by atoms with Crippen molar-refractivity contribution in [1.82, 2.24) is 0 Å². The molecule has 0 amide bonds. The number of anilines is 1. The van der Waals surface area contributed by atoms with Crippen LogP contribution in [-0.4, -0.2) is 11.1 Å². The second kappa shape index (κ2) is 4.14. The minimum Gasteiger partial charge on any atom is -0.507 e. The predicted octanol–water partition coefficient (Wildman–Crippen LogP) is 4.50. The lowest BCUT2D eigenvalue weighted by Gasteiger charge is -2.24. The highest BCUT2D eigenvalue weighted by molar-refractivity contribution is 5.97. The zero-order valence-electron chi connectivity index (χ0n) is 12.0. The highest BCUT2D eigenvalue weighted by Crippen LogP contribution is 2.49. The summed E-state index contributed by atoms with van der Waals surface area (Å²) in [6, 6.07) is 18.7. The second-order valence-corrected chi connectivity index (χ2v) is 6.04. The topological polar surface area (TPSA) is 32.3 Å². The number of fused-ring (bicyclic) bond motifs is 7. The minimum absolute atomic E-state index is 0.258. The average Bonchev–Trinajstić information content (AvgIpc) is 2.94. The van der Waals surface area contributed by atoms with E-state index in [2.05, 4.69) is 59.9 Å². The molecule has 0 spiro atoms. The number of rotatable bonds is 0. The van der Waals surface area contributed by atoms with Gasteiger partial charge in [0.15, 0.2) is 0 Å². The smallest absolute Gasteiger partial charge is 0.123 e. The van der Waals surface area contributed by atoms with Crippen molar-refractivity contribution < 1.29 is 5.11 Å². The van der Waals surface area contributed by atoms with Crippen LogP contribution in [0.2, 0.25) is 0 Å². The van der Waals surface area contributed by atoms with Crippen LogP contribution in [0.5, 0.6) is 5.75 Å². The molecular formula is C20H15NO. The van der Waals surface area contributed by atoms with Crippen molar-refractivity contribution in [3.05, 3.63) is 77.4 Å². The zero-order valence-corrected chi connectivity index (χ0v) is 12.0. The summed E-state index contributed by atoms with van der Waals surface area (Å²) in [6.45, 7) is 0. The average molecular weight is 285 g/mol. The predicted molar refractivity (Wildman–Crippen MR) is 90.3 cm³/mol. The first-order valence-electron chi connectivity index (χ1n) is 7.61. The lowest BCUT2D eigenvalue weighted by molar-refractivity contribution is 0.481. The van der Waals surface area contributed by atoms with Gasteiger partial charge in [-0.25, -0.2) is 0 Å². The van der Waals surface area contributed by atoms with Crippen molar-refractivity contribution >= 4 is 22.5 Å². The fraction of sp³-hybridized carbons (Fsp3) is 0.100. The SMILES string of the molecule is Oc1cccc2ccc3c(c12)C1c2ccccc2C=CC1N3. The van der Waals surface area contributed by atoms with E-state index in [0.29, 0.717) is 5.75 Å². The Morgan fingerprint density at radius 3 is 2.77 bits per heavy atom. The maximum Gasteiger partial charge on any atom is 0.123 e. The molecule has 3 aromatic carbocycles. The van der Waals surface area contributed by atoms with Crippen LogP contribution in [0.3, 0.4) is 0 Å². The Bertz CT molecular complexity index is 942. The van der Waals surface area contributed by atoms with Gasteiger partial charge in [0.2, 0.25) is 0 Å². The number of hydrogen-bond donors (Lipinski definition) is 2. The minimum atomic E-state index is 0.258. The summed E-state index contributed by atoms with van der Waals surface area (Å²) in [5.74, 6) is 0.622. The Kier molecular flexibility index (Phi) is 2.23. The third kappa shape index (κ3) is 1.44. The Balaban J connectivity index is 1.87. The molecule has 0 saturated heterocycles. The van der Waals surface area contributed by atoms with Gasteiger partial charge in [-0.3, -0.25) is 0 Å². The third-order valence-electron chi connectivity index (χ3n) is 4.87. The number of nitrogens with one attached hydrogen (secondary N) is 1. The number of aromatic hydroxyl groups is 1. The Labute approximate surface area is 128 Å². The number of benzene rings is 3. The van der Waals surface area contributed by atoms with Crippen LogP contribution in [-0.2, 0) is 0 Å². The first-order valence-corrected chi connectivity index (χ1v) is 7.61. The molecule has 3 aromatic rings. The van der Waals surface area contributed by atoms with Crippen LogP contribution < -0.4 is 5.32 Å². The molecule has 106 valence electrons. The van der Waals surface area contributed by atoms with E-state index in [1.165, 1.54) is 16.7 Å². The van der Waals surface area contributed by atoms with Crippen molar-refractivity contribution in [3.63, 3.8) is 0 Å². The lowest BCUT2D eigenvalue weighted by Crippen LogP contribution is -2.21. The molecule has 2 nitrogen and oxygen atoms in total. The van der Waals surface area contributed by atoms with Crippen molar-refractivity contribution in [1.29, 1.82) is 0 Å². The van der Waals surface area contributed by atoms with Gasteiger partial charge in [0.25, 0.3) is 0 Å². The normalized spacial score (nSPS) is 21.1. The summed E-state index contributed by atoms with van der Waals surface area (Å²) in [6.07, 6.45) is 4.43. The van der Waals surface area contributed by atoms with Gasteiger partial charge in [0.05, 0.1) is 6.04 Å². The largest absolute Gasteiger partial charge is 0.507 e. The molecule has 5 rings (SSSR count). The van der Waals surface area contributed by atoms with Crippen LogP contribution in [0.1, 0.15) is 22.6 Å². The molecule has 1 aliphatic carbocycles. The highest BCUT2D eigenvalue weighted by Gasteiger charge is 2.36. The van der Waals surface area contributed by atoms with Crippen LogP contribution in [0.25, 0.3) is 16.8 Å². The molecule has 1 aliphatic heterocycles. The quantitative estimate of drug-likeness (QED) is 0.637.